The smallest absolute Gasteiger partial charge is 0.209 e. The van der Waals surface area contributed by atoms with Gasteiger partial charge in [-0.1, -0.05) is 29.5 Å². The Bertz CT molecular complexity index is 559. The molecule has 0 N–H and O–H groups in total. The summed E-state index contributed by atoms with van der Waals surface area (Å²) in [5.41, 5.74) is 1.29. The summed E-state index contributed by atoms with van der Waals surface area (Å²) in [6.07, 6.45) is 2.37. The van der Waals surface area contributed by atoms with Crippen molar-refractivity contribution >= 4 is 33.8 Å². The molecule has 1 aromatic carbocycles. The normalized spacial score (nSPS) is 19.1. The maximum Gasteiger partial charge on any atom is 0.209 e. The van der Waals surface area contributed by atoms with Crippen LogP contribution in [0, 0.1) is 0 Å². The predicted molar refractivity (Wildman–Crippen MR) is 85.0 cm³/mol. The zero-order valence-corrected chi connectivity index (χ0v) is 12.9. The molecule has 0 bridgehead atoms. The highest BCUT2D eigenvalue weighted by molar-refractivity contribution is 7.19. The summed E-state index contributed by atoms with van der Waals surface area (Å²) in [6.45, 7) is 2.13. The number of likely N-dealkylation sites (N-methyl/N-ethyl adjacent to an activating group) is 1. The van der Waals surface area contributed by atoms with Gasteiger partial charge in [0, 0.05) is 31.9 Å². The van der Waals surface area contributed by atoms with Crippen molar-refractivity contribution in [3.63, 3.8) is 0 Å². The van der Waals surface area contributed by atoms with Crippen LogP contribution in [0.25, 0.3) is 0 Å². The molecule has 1 unspecified atom stereocenters. The van der Waals surface area contributed by atoms with Crippen LogP contribution in [0.5, 0.6) is 0 Å². The van der Waals surface area contributed by atoms with Crippen LogP contribution < -0.4 is 9.80 Å². The third-order valence-corrected chi connectivity index (χ3v) is 4.87. The first kappa shape index (κ1) is 13.6. The summed E-state index contributed by atoms with van der Waals surface area (Å²) in [4.78, 5) is 4.64. The second-order valence-electron chi connectivity index (χ2n) is 5.03. The van der Waals surface area contributed by atoms with Crippen molar-refractivity contribution in [1.29, 1.82) is 0 Å². The number of piperidine rings is 1. The quantitative estimate of drug-likeness (QED) is 0.871. The largest absolute Gasteiger partial charge is 0.369 e. The predicted octanol–water partition coefficient (Wildman–Crippen LogP) is 3.30. The van der Waals surface area contributed by atoms with Gasteiger partial charge in [0.05, 0.1) is 0 Å². The third kappa shape index (κ3) is 2.88. The molecule has 0 aliphatic carbocycles. The summed E-state index contributed by atoms with van der Waals surface area (Å²) in [5.74, 6) is 0. The number of hydrogen-bond acceptors (Lipinski definition) is 5. The van der Waals surface area contributed by atoms with E-state index in [9.17, 15) is 0 Å². The highest BCUT2D eigenvalue weighted by Crippen LogP contribution is 2.28. The molecular formula is C14H17ClN4S. The minimum Gasteiger partial charge on any atom is -0.369 e. The number of hydrogen-bond donors (Lipinski definition) is 0. The Labute approximate surface area is 128 Å². The lowest BCUT2D eigenvalue weighted by atomic mass is 10.0. The van der Waals surface area contributed by atoms with Crippen LogP contribution in [0.3, 0.4) is 0 Å². The van der Waals surface area contributed by atoms with Gasteiger partial charge >= 0.3 is 0 Å². The maximum absolute atomic E-state index is 5.88. The molecule has 6 heteroatoms. The summed E-state index contributed by atoms with van der Waals surface area (Å²) in [7, 11) is 2.08. The van der Waals surface area contributed by atoms with Crippen LogP contribution in [0.2, 0.25) is 4.47 Å². The van der Waals surface area contributed by atoms with Gasteiger partial charge in [-0.05, 0) is 36.6 Å². The molecule has 1 fully saturated rings. The molecule has 2 heterocycles. The van der Waals surface area contributed by atoms with Crippen molar-refractivity contribution in [2.24, 2.45) is 0 Å². The first-order valence-corrected chi connectivity index (χ1v) is 7.95. The van der Waals surface area contributed by atoms with E-state index in [1.54, 1.807) is 0 Å². The zero-order valence-electron chi connectivity index (χ0n) is 11.4. The van der Waals surface area contributed by atoms with Crippen LogP contribution in [0.15, 0.2) is 30.3 Å². The molecule has 0 spiro atoms. The van der Waals surface area contributed by atoms with Gasteiger partial charge in [0.25, 0.3) is 0 Å². The molecule has 4 nitrogen and oxygen atoms in total. The first-order valence-electron chi connectivity index (χ1n) is 6.76. The molecule has 1 aromatic heterocycles. The van der Waals surface area contributed by atoms with Gasteiger partial charge in [-0.25, -0.2) is 0 Å². The maximum atomic E-state index is 5.88. The van der Waals surface area contributed by atoms with Crippen molar-refractivity contribution in [3.05, 3.63) is 34.8 Å². The van der Waals surface area contributed by atoms with Crippen LogP contribution >= 0.6 is 22.9 Å². The number of aromatic nitrogens is 2. The van der Waals surface area contributed by atoms with Gasteiger partial charge in [0.15, 0.2) is 0 Å². The molecule has 3 rings (SSSR count). The highest BCUT2D eigenvalue weighted by Gasteiger charge is 2.25. The van der Waals surface area contributed by atoms with Crippen molar-refractivity contribution < 1.29 is 0 Å². The zero-order chi connectivity index (χ0) is 13.9. The standard InChI is InChI=1S/C14H17ClN4S/c1-18(14-17-16-13(15)20-14)12-8-5-9-19(10-12)11-6-3-2-4-7-11/h2-4,6-7,12H,5,8-10H2,1H3. The van der Waals surface area contributed by atoms with E-state index in [2.05, 4.69) is 57.4 Å². The molecule has 1 aliphatic rings. The van der Waals surface area contributed by atoms with Crippen LogP contribution in [0.4, 0.5) is 10.8 Å². The van der Waals surface area contributed by atoms with E-state index in [4.69, 9.17) is 11.6 Å². The molecule has 0 saturated carbocycles. The Hall–Kier alpha value is -1.33. The van der Waals surface area contributed by atoms with E-state index < -0.39 is 0 Å². The Balaban J connectivity index is 1.72. The molecule has 1 saturated heterocycles. The van der Waals surface area contributed by atoms with Gasteiger partial charge in [0.1, 0.15) is 0 Å². The van der Waals surface area contributed by atoms with E-state index in [1.807, 2.05) is 0 Å². The van der Waals surface area contributed by atoms with E-state index >= 15 is 0 Å². The number of nitrogens with zero attached hydrogens (tertiary/aromatic N) is 4. The second-order valence-corrected chi connectivity index (χ2v) is 6.56. The van der Waals surface area contributed by atoms with Crippen LogP contribution in [-0.4, -0.2) is 36.4 Å². The summed E-state index contributed by atoms with van der Waals surface area (Å²) in [5, 5.41) is 8.92. The monoisotopic (exact) mass is 308 g/mol. The fourth-order valence-corrected chi connectivity index (χ4v) is 3.49. The Morgan fingerprint density at radius 2 is 2.10 bits per heavy atom. The van der Waals surface area contributed by atoms with E-state index in [-0.39, 0.29) is 0 Å². The Morgan fingerprint density at radius 1 is 1.30 bits per heavy atom. The summed E-state index contributed by atoms with van der Waals surface area (Å²) < 4.78 is 0.502. The minimum atomic E-state index is 0.452. The molecule has 2 aromatic rings. The van der Waals surface area contributed by atoms with E-state index in [0.717, 1.165) is 18.2 Å². The summed E-state index contributed by atoms with van der Waals surface area (Å²) >= 11 is 7.31. The van der Waals surface area contributed by atoms with Crippen LogP contribution in [-0.2, 0) is 0 Å². The molecular weight excluding hydrogens is 292 g/mol. The van der Waals surface area contributed by atoms with Crippen molar-refractivity contribution in [3.8, 4) is 0 Å². The number of benzene rings is 1. The van der Waals surface area contributed by atoms with E-state index in [1.165, 1.54) is 29.9 Å². The molecule has 20 heavy (non-hydrogen) atoms. The fourth-order valence-electron chi connectivity index (χ4n) is 2.64. The molecule has 1 atom stereocenters. The lowest BCUT2D eigenvalue weighted by Crippen LogP contribution is -2.46. The fraction of sp³-hybridized carbons (Fsp3) is 0.429. The second kappa shape index (κ2) is 5.97. The molecule has 106 valence electrons. The van der Waals surface area contributed by atoms with Gasteiger partial charge < -0.3 is 9.80 Å². The van der Waals surface area contributed by atoms with E-state index in [0.29, 0.717) is 10.5 Å². The lowest BCUT2D eigenvalue weighted by Gasteiger charge is -2.38. The summed E-state index contributed by atoms with van der Waals surface area (Å²) in [6, 6.07) is 11.0. The Kier molecular flexibility index (Phi) is 4.08. The molecule has 0 radical (unpaired) electrons. The van der Waals surface area contributed by atoms with Gasteiger partial charge in [0.2, 0.25) is 9.60 Å². The van der Waals surface area contributed by atoms with Crippen LogP contribution in [0.1, 0.15) is 12.8 Å². The number of halogens is 1. The van der Waals surface area contributed by atoms with Crippen molar-refractivity contribution in [1.82, 2.24) is 10.2 Å². The molecule has 0 amide bonds. The topological polar surface area (TPSA) is 32.3 Å². The first-order chi connectivity index (χ1) is 9.74. The van der Waals surface area contributed by atoms with Gasteiger partial charge in [-0.3, -0.25) is 0 Å². The number of rotatable bonds is 3. The Morgan fingerprint density at radius 3 is 2.80 bits per heavy atom. The average molecular weight is 309 g/mol. The average Bonchev–Trinajstić information content (AvgIpc) is 2.94. The van der Waals surface area contributed by atoms with Gasteiger partial charge in [-0.2, -0.15) is 0 Å². The highest BCUT2D eigenvalue weighted by atomic mass is 35.5. The minimum absolute atomic E-state index is 0.452. The molecule has 1 aliphatic heterocycles. The third-order valence-electron chi connectivity index (χ3n) is 3.76. The van der Waals surface area contributed by atoms with Crippen molar-refractivity contribution in [2.75, 3.05) is 29.9 Å². The SMILES string of the molecule is CN(c1nnc(Cl)s1)C1CCCN(c2ccccc2)C1. The number of anilines is 2. The van der Waals surface area contributed by atoms with Gasteiger partial charge in [-0.15, -0.1) is 10.2 Å². The lowest BCUT2D eigenvalue weighted by molar-refractivity contribution is 0.487. The van der Waals surface area contributed by atoms with Crippen molar-refractivity contribution in [2.45, 2.75) is 18.9 Å². The number of para-hydroxylation sites is 1.